The van der Waals surface area contributed by atoms with Gasteiger partial charge in [0.15, 0.2) is 0 Å². The molecule has 4 nitrogen and oxygen atoms in total. The Morgan fingerprint density at radius 2 is 1.92 bits per heavy atom. The summed E-state index contributed by atoms with van der Waals surface area (Å²) in [4.78, 5) is 3.39. The quantitative estimate of drug-likeness (QED) is 0.701. The third kappa shape index (κ3) is 2.69. The van der Waals surface area contributed by atoms with Crippen LogP contribution < -0.4 is 16.2 Å². The summed E-state index contributed by atoms with van der Waals surface area (Å²) in [5, 5.41) is 0. The first-order chi connectivity index (χ1) is 5.88. The highest BCUT2D eigenvalue weighted by molar-refractivity contribution is 5.59. The molecule has 0 amide bonds. The molecule has 0 aliphatic heterocycles. The van der Waals surface area contributed by atoms with Gasteiger partial charge in [-0.3, -0.25) is 0 Å². The molecule has 0 bridgehead atoms. The zero-order valence-electron chi connectivity index (χ0n) is 6.30. The van der Waals surface area contributed by atoms with Gasteiger partial charge in [0.05, 0.1) is 11.9 Å². The normalized spacial score (nSPS) is 11.3. The summed E-state index contributed by atoms with van der Waals surface area (Å²) in [6, 6.07) is 0.954. The van der Waals surface area contributed by atoms with Gasteiger partial charge in [0.2, 0.25) is 0 Å². The van der Waals surface area contributed by atoms with Gasteiger partial charge in [0.1, 0.15) is 11.6 Å². The third-order valence-electron chi connectivity index (χ3n) is 1.16. The van der Waals surface area contributed by atoms with Crippen molar-refractivity contribution in [1.82, 2.24) is 4.98 Å². The van der Waals surface area contributed by atoms with Crippen LogP contribution in [0.5, 0.6) is 5.75 Å². The fraction of sp³-hybridized carbons (Fsp3) is 0.167. The lowest BCUT2D eigenvalue weighted by Crippen LogP contribution is -2.17. The van der Waals surface area contributed by atoms with E-state index in [4.69, 9.17) is 11.5 Å². The van der Waals surface area contributed by atoms with Crippen molar-refractivity contribution in [3.63, 3.8) is 0 Å². The van der Waals surface area contributed by atoms with Gasteiger partial charge in [-0.25, -0.2) is 4.98 Å². The van der Waals surface area contributed by atoms with E-state index in [1.165, 1.54) is 0 Å². The summed E-state index contributed by atoms with van der Waals surface area (Å²) in [5.74, 6) is -0.520. The summed E-state index contributed by atoms with van der Waals surface area (Å²) in [6.07, 6.45) is -3.90. The van der Waals surface area contributed by atoms with Crippen LogP contribution in [-0.4, -0.2) is 11.3 Å². The van der Waals surface area contributed by atoms with Gasteiger partial charge in [-0.1, -0.05) is 0 Å². The lowest BCUT2D eigenvalue weighted by molar-refractivity contribution is -0.274. The van der Waals surface area contributed by atoms with Crippen LogP contribution in [0, 0.1) is 0 Å². The molecule has 1 heterocycles. The number of halogens is 3. The van der Waals surface area contributed by atoms with Crippen molar-refractivity contribution >= 4 is 11.5 Å². The predicted octanol–water partition coefficient (Wildman–Crippen LogP) is 1.14. The highest BCUT2D eigenvalue weighted by atomic mass is 19.4. The van der Waals surface area contributed by atoms with E-state index in [1.54, 1.807) is 0 Å². The number of nitrogen functional groups attached to an aromatic ring is 2. The number of nitrogens with zero attached hydrogens (tertiary/aromatic N) is 1. The lowest BCUT2D eigenvalue weighted by Gasteiger charge is -2.08. The SMILES string of the molecule is Nc1cc(OC(F)(F)F)cnc1N. The van der Waals surface area contributed by atoms with Crippen molar-refractivity contribution in [2.75, 3.05) is 11.5 Å². The molecule has 4 N–H and O–H groups in total. The number of aromatic nitrogens is 1. The van der Waals surface area contributed by atoms with Crippen molar-refractivity contribution in [3.8, 4) is 5.75 Å². The molecule has 0 unspecified atom stereocenters. The Bertz CT molecular complexity index is 312. The fourth-order valence-electron chi connectivity index (χ4n) is 0.662. The van der Waals surface area contributed by atoms with E-state index in [-0.39, 0.29) is 11.5 Å². The summed E-state index contributed by atoms with van der Waals surface area (Å²) in [5.41, 5.74) is 10.3. The zero-order valence-corrected chi connectivity index (χ0v) is 6.30. The van der Waals surface area contributed by atoms with Crippen LogP contribution in [0.25, 0.3) is 0 Å². The van der Waals surface area contributed by atoms with E-state index >= 15 is 0 Å². The van der Waals surface area contributed by atoms with Crippen molar-refractivity contribution in [2.24, 2.45) is 0 Å². The van der Waals surface area contributed by atoms with Crippen LogP contribution in [0.4, 0.5) is 24.7 Å². The second kappa shape index (κ2) is 3.00. The van der Waals surface area contributed by atoms with Crippen molar-refractivity contribution in [3.05, 3.63) is 12.3 Å². The number of pyridine rings is 1. The number of hydrogen-bond donors (Lipinski definition) is 2. The molecule has 0 aliphatic carbocycles. The maximum atomic E-state index is 11.7. The first-order valence-electron chi connectivity index (χ1n) is 3.15. The van der Waals surface area contributed by atoms with Crippen LogP contribution in [0.2, 0.25) is 0 Å². The second-order valence-electron chi connectivity index (χ2n) is 2.19. The van der Waals surface area contributed by atoms with E-state index in [2.05, 4.69) is 9.72 Å². The topological polar surface area (TPSA) is 74.2 Å². The third-order valence-corrected chi connectivity index (χ3v) is 1.16. The Morgan fingerprint density at radius 1 is 1.31 bits per heavy atom. The molecule has 0 fully saturated rings. The van der Waals surface area contributed by atoms with Crippen LogP contribution in [0.15, 0.2) is 12.3 Å². The zero-order chi connectivity index (χ0) is 10.1. The van der Waals surface area contributed by atoms with Crippen LogP contribution in [0.3, 0.4) is 0 Å². The minimum atomic E-state index is -4.75. The Morgan fingerprint density at radius 3 is 2.38 bits per heavy atom. The number of hydrogen-bond acceptors (Lipinski definition) is 4. The molecule has 0 aromatic carbocycles. The molecule has 0 aliphatic rings. The molecule has 72 valence electrons. The maximum Gasteiger partial charge on any atom is 0.573 e. The molecular formula is C6H6F3N3O. The van der Waals surface area contributed by atoms with Crippen LogP contribution in [-0.2, 0) is 0 Å². The molecule has 0 radical (unpaired) electrons. The standard InChI is InChI=1S/C6H6F3N3O/c7-6(8,9)13-3-1-4(10)5(11)12-2-3/h1-2H,10H2,(H2,11,12). The van der Waals surface area contributed by atoms with E-state index < -0.39 is 12.1 Å². The fourth-order valence-corrected chi connectivity index (χ4v) is 0.662. The minimum absolute atomic E-state index is 0.0328. The number of anilines is 2. The average molecular weight is 193 g/mol. The monoisotopic (exact) mass is 193 g/mol. The maximum absolute atomic E-state index is 11.7. The molecule has 7 heteroatoms. The van der Waals surface area contributed by atoms with Crippen molar-refractivity contribution < 1.29 is 17.9 Å². The molecule has 1 aromatic rings. The molecule has 0 spiro atoms. The van der Waals surface area contributed by atoms with Gasteiger partial charge in [-0.2, -0.15) is 0 Å². The summed E-state index contributed by atoms with van der Waals surface area (Å²) < 4.78 is 38.5. The van der Waals surface area contributed by atoms with Crippen LogP contribution in [0.1, 0.15) is 0 Å². The number of nitrogens with two attached hydrogens (primary N) is 2. The first-order valence-corrected chi connectivity index (χ1v) is 3.15. The molecule has 0 atom stereocenters. The highest BCUT2D eigenvalue weighted by Crippen LogP contribution is 2.25. The van der Waals surface area contributed by atoms with Crippen molar-refractivity contribution in [1.29, 1.82) is 0 Å². The average Bonchev–Trinajstić information content (AvgIpc) is 1.94. The molecule has 1 rings (SSSR count). The van der Waals surface area contributed by atoms with E-state index in [1.807, 2.05) is 0 Å². The Hall–Kier alpha value is -1.66. The lowest BCUT2D eigenvalue weighted by atomic mass is 10.4. The number of alkyl halides is 3. The van der Waals surface area contributed by atoms with E-state index in [0.717, 1.165) is 12.3 Å². The molecule has 1 aromatic heterocycles. The van der Waals surface area contributed by atoms with Crippen LogP contribution >= 0.6 is 0 Å². The summed E-state index contributed by atoms with van der Waals surface area (Å²) >= 11 is 0. The number of ether oxygens (including phenoxy) is 1. The highest BCUT2D eigenvalue weighted by Gasteiger charge is 2.31. The second-order valence-corrected chi connectivity index (χ2v) is 2.19. The predicted molar refractivity (Wildman–Crippen MR) is 39.7 cm³/mol. The van der Waals surface area contributed by atoms with Gasteiger partial charge in [-0.05, 0) is 0 Å². The largest absolute Gasteiger partial charge is 0.573 e. The Balaban J connectivity index is 2.86. The molecule has 0 saturated carbocycles. The van der Waals surface area contributed by atoms with E-state index in [0.29, 0.717) is 0 Å². The molecular weight excluding hydrogens is 187 g/mol. The van der Waals surface area contributed by atoms with E-state index in [9.17, 15) is 13.2 Å². The smallest absolute Gasteiger partial charge is 0.404 e. The van der Waals surface area contributed by atoms with Crippen molar-refractivity contribution in [2.45, 2.75) is 6.36 Å². The van der Waals surface area contributed by atoms with Gasteiger partial charge < -0.3 is 16.2 Å². The van der Waals surface area contributed by atoms with Gasteiger partial charge in [-0.15, -0.1) is 13.2 Å². The van der Waals surface area contributed by atoms with Gasteiger partial charge >= 0.3 is 6.36 Å². The Labute approximate surface area is 71.3 Å². The summed E-state index contributed by atoms with van der Waals surface area (Å²) in [7, 11) is 0. The van der Waals surface area contributed by atoms with Gasteiger partial charge in [0, 0.05) is 6.07 Å². The molecule has 13 heavy (non-hydrogen) atoms. The molecule has 0 saturated heterocycles. The number of rotatable bonds is 1. The minimum Gasteiger partial charge on any atom is -0.404 e. The first kappa shape index (κ1) is 9.43. The summed E-state index contributed by atoms with van der Waals surface area (Å²) in [6.45, 7) is 0. The van der Waals surface area contributed by atoms with Gasteiger partial charge in [0.25, 0.3) is 0 Å². The Kier molecular flexibility index (Phi) is 2.18.